The van der Waals surface area contributed by atoms with Crippen LogP contribution in [0.3, 0.4) is 0 Å². The number of benzene rings is 1. The molecule has 102 valence electrons. The number of aromatic nitrogens is 2. The van der Waals surface area contributed by atoms with Crippen molar-refractivity contribution in [2.24, 2.45) is 0 Å². The second-order valence-electron chi connectivity index (χ2n) is 4.01. The molecule has 2 aromatic rings. The Balaban J connectivity index is 1.86. The van der Waals surface area contributed by atoms with Crippen LogP contribution in [-0.2, 0) is 16.6 Å². The third-order valence-electron chi connectivity index (χ3n) is 2.56. The fourth-order valence-corrected chi connectivity index (χ4v) is 2.66. The largest absolute Gasteiger partial charge is 0.508 e. The quantitative estimate of drug-likeness (QED) is 0.772. The van der Waals surface area contributed by atoms with Gasteiger partial charge in [-0.1, -0.05) is 0 Å². The number of nitrogens with zero attached hydrogens (tertiary/aromatic N) is 2. The lowest BCUT2D eigenvalue weighted by atomic mass is 10.3. The van der Waals surface area contributed by atoms with Gasteiger partial charge in [-0.2, -0.15) is 5.10 Å². The van der Waals surface area contributed by atoms with Gasteiger partial charge in [-0.25, -0.2) is 13.1 Å². The summed E-state index contributed by atoms with van der Waals surface area (Å²) in [7, 11) is -3.51. The van der Waals surface area contributed by atoms with Crippen molar-refractivity contribution < 1.29 is 13.5 Å². The number of phenolic OH excluding ortho intramolecular Hbond substituents is 1. The van der Waals surface area contributed by atoms with Crippen molar-refractivity contribution >= 4 is 10.0 Å². The van der Waals surface area contributed by atoms with Crippen LogP contribution in [-0.4, -0.2) is 29.8 Å². The first kappa shape index (κ1) is 13.6. The van der Waals surface area contributed by atoms with E-state index in [1.165, 1.54) is 24.3 Å². The van der Waals surface area contributed by atoms with Crippen LogP contribution in [0.5, 0.6) is 5.75 Å². The molecule has 19 heavy (non-hydrogen) atoms. The Kier molecular flexibility index (Phi) is 4.18. The van der Waals surface area contributed by atoms with Gasteiger partial charge in [-0.05, 0) is 36.8 Å². The van der Waals surface area contributed by atoms with E-state index in [-0.39, 0.29) is 10.6 Å². The minimum Gasteiger partial charge on any atom is -0.508 e. The maximum absolute atomic E-state index is 11.9. The van der Waals surface area contributed by atoms with Gasteiger partial charge in [0.15, 0.2) is 0 Å². The van der Waals surface area contributed by atoms with Crippen LogP contribution in [0.2, 0.25) is 0 Å². The van der Waals surface area contributed by atoms with Crippen molar-refractivity contribution in [2.45, 2.75) is 17.9 Å². The predicted octanol–water partition coefficient (Wildman–Crippen LogP) is 0.957. The number of sulfonamides is 1. The number of aryl methyl sites for hydroxylation is 1. The lowest BCUT2D eigenvalue weighted by Crippen LogP contribution is -2.25. The zero-order valence-electron chi connectivity index (χ0n) is 10.2. The van der Waals surface area contributed by atoms with E-state index in [0.29, 0.717) is 19.5 Å². The monoisotopic (exact) mass is 281 g/mol. The molecule has 1 aromatic carbocycles. The van der Waals surface area contributed by atoms with Gasteiger partial charge in [0.2, 0.25) is 10.0 Å². The molecule has 6 nitrogen and oxygen atoms in total. The van der Waals surface area contributed by atoms with Crippen molar-refractivity contribution in [3.8, 4) is 5.75 Å². The Morgan fingerprint density at radius 2 is 2.00 bits per heavy atom. The molecule has 0 radical (unpaired) electrons. The summed E-state index contributed by atoms with van der Waals surface area (Å²) in [6.07, 6.45) is 4.16. The zero-order valence-corrected chi connectivity index (χ0v) is 11.0. The molecule has 0 aliphatic carbocycles. The molecule has 7 heteroatoms. The van der Waals surface area contributed by atoms with Gasteiger partial charge < -0.3 is 5.11 Å². The highest BCUT2D eigenvalue weighted by atomic mass is 32.2. The van der Waals surface area contributed by atoms with Crippen molar-refractivity contribution in [2.75, 3.05) is 6.54 Å². The molecule has 0 amide bonds. The molecule has 0 aliphatic rings. The Labute approximate surface area is 111 Å². The number of hydrogen-bond donors (Lipinski definition) is 2. The van der Waals surface area contributed by atoms with Gasteiger partial charge in [-0.3, -0.25) is 4.68 Å². The fourth-order valence-electron chi connectivity index (χ4n) is 1.59. The third kappa shape index (κ3) is 3.80. The Hall–Kier alpha value is -1.86. The van der Waals surface area contributed by atoms with Crippen LogP contribution < -0.4 is 4.72 Å². The third-order valence-corrected chi connectivity index (χ3v) is 4.04. The number of phenols is 1. The normalized spacial score (nSPS) is 11.6. The van der Waals surface area contributed by atoms with Crippen LogP contribution >= 0.6 is 0 Å². The van der Waals surface area contributed by atoms with Crippen molar-refractivity contribution in [3.05, 3.63) is 42.7 Å². The molecule has 0 saturated heterocycles. The summed E-state index contributed by atoms with van der Waals surface area (Å²) in [6, 6.07) is 7.24. The summed E-state index contributed by atoms with van der Waals surface area (Å²) in [5.74, 6) is 0.0395. The van der Waals surface area contributed by atoms with Gasteiger partial charge in [-0.15, -0.1) is 0 Å². The van der Waals surface area contributed by atoms with Gasteiger partial charge in [0.25, 0.3) is 0 Å². The second-order valence-corrected chi connectivity index (χ2v) is 5.78. The lowest BCUT2D eigenvalue weighted by Gasteiger charge is -2.07. The molecule has 1 heterocycles. The molecule has 0 bridgehead atoms. The fraction of sp³-hybridized carbons (Fsp3) is 0.250. The molecule has 2 rings (SSSR count). The highest BCUT2D eigenvalue weighted by Gasteiger charge is 2.12. The lowest BCUT2D eigenvalue weighted by molar-refractivity contribution is 0.474. The Morgan fingerprint density at radius 3 is 2.63 bits per heavy atom. The van der Waals surface area contributed by atoms with Gasteiger partial charge in [0.05, 0.1) is 4.90 Å². The number of hydrogen-bond acceptors (Lipinski definition) is 4. The first-order valence-corrected chi connectivity index (χ1v) is 7.32. The van der Waals surface area contributed by atoms with Gasteiger partial charge >= 0.3 is 0 Å². The molecule has 0 saturated carbocycles. The van der Waals surface area contributed by atoms with E-state index in [9.17, 15) is 8.42 Å². The summed E-state index contributed by atoms with van der Waals surface area (Å²) < 4.78 is 28.0. The molecule has 0 unspecified atom stereocenters. The average Bonchev–Trinajstić information content (AvgIpc) is 2.88. The van der Waals surface area contributed by atoms with Gasteiger partial charge in [0, 0.05) is 25.5 Å². The maximum atomic E-state index is 11.9. The van der Waals surface area contributed by atoms with Crippen molar-refractivity contribution in [1.82, 2.24) is 14.5 Å². The van der Waals surface area contributed by atoms with E-state index in [2.05, 4.69) is 9.82 Å². The molecule has 0 spiro atoms. The zero-order chi connectivity index (χ0) is 13.7. The van der Waals surface area contributed by atoms with Gasteiger partial charge in [0.1, 0.15) is 5.75 Å². The van der Waals surface area contributed by atoms with E-state index < -0.39 is 10.0 Å². The SMILES string of the molecule is O=S(=O)(NCCCn1cccn1)c1ccc(O)cc1. The minimum absolute atomic E-state index is 0.0395. The summed E-state index contributed by atoms with van der Waals surface area (Å²) in [5, 5.41) is 13.1. The summed E-state index contributed by atoms with van der Waals surface area (Å²) in [5.41, 5.74) is 0. The standard InChI is InChI=1S/C12H15N3O3S/c16-11-3-5-12(6-4-11)19(17,18)14-8-2-10-15-9-1-7-13-15/h1,3-7,9,14,16H,2,8,10H2. The van der Waals surface area contributed by atoms with E-state index in [0.717, 1.165) is 0 Å². The second kappa shape index (κ2) is 5.85. The number of rotatable bonds is 6. The Bertz CT molecular complexity index is 606. The Morgan fingerprint density at radius 1 is 1.26 bits per heavy atom. The van der Waals surface area contributed by atoms with Crippen LogP contribution in [0.4, 0.5) is 0 Å². The molecule has 0 fully saturated rings. The van der Waals surface area contributed by atoms with E-state index in [1.807, 2.05) is 12.3 Å². The van der Waals surface area contributed by atoms with Crippen LogP contribution in [0, 0.1) is 0 Å². The molecular weight excluding hydrogens is 266 g/mol. The maximum Gasteiger partial charge on any atom is 0.240 e. The topological polar surface area (TPSA) is 84.2 Å². The summed E-state index contributed by atoms with van der Waals surface area (Å²) in [6.45, 7) is 0.994. The first-order chi connectivity index (χ1) is 9.08. The number of nitrogens with one attached hydrogen (secondary N) is 1. The summed E-state index contributed by atoms with van der Waals surface area (Å²) in [4.78, 5) is 0.143. The smallest absolute Gasteiger partial charge is 0.240 e. The van der Waals surface area contributed by atoms with Crippen LogP contribution in [0.25, 0.3) is 0 Å². The highest BCUT2D eigenvalue weighted by Crippen LogP contribution is 2.13. The molecule has 1 aromatic heterocycles. The number of aromatic hydroxyl groups is 1. The van der Waals surface area contributed by atoms with E-state index in [4.69, 9.17) is 5.11 Å². The molecule has 0 atom stereocenters. The van der Waals surface area contributed by atoms with E-state index in [1.54, 1.807) is 10.9 Å². The minimum atomic E-state index is -3.51. The predicted molar refractivity (Wildman–Crippen MR) is 70.1 cm³/mol. The first-order valence-electron chi connectivity index (χ1n) is 5.84. The molecule has 2 N–H and O–H groups in total. The van der Waals surface area contributed by atoms with E-state index >= 15 is 0 Å². The van der Waals surface area contributed by atoms with Crippen molar-refractivity contribution in [1.29, 1.82) is 0 Å². The molecular formula is C12H15N3O3S. The van der Waals surface area contributed by atoms with Crippen molar-refractivity contribution in [3.63, 3.8) is 0 Å². The average molecular weight is 281 g/mol. The van der Waals surface area contributed by atoms with Crippen LogP contribution in [0.1, 0.15) is 6.42 Å². The van der Waals surface area contributed by atoms with Crippen LogP contribution in [0.15, 0.2) is 47.6 Å². The molecule has 0 aliphatic heterocycles. The summed E-state index contributed by atoms with van der Waals surface area (Å²) >= 11 is 0. The highest BCUT2D eigenvalue weighted by molar-refractivity contribution is 7.89.